The Kier molecular flexibility index (Phi) is 4.25. The number of amides is 1. The van der Waals surface area contributed by atoms with Gasteiger partial charge in [-0.25, -0.2) is 4.98 Å². The number of benzene rings is 3. The van der Waals surface area contributed by atoms with E-state index in [1.165, 1.54) is 0 Å². The van der Waals surface area contributed by atoms with Gasteiger partial charge in [0.25, 0.3) is 5.91 Å². The maximum absolute atomic E-state index is 13.3. The number of H-pyrrole nitrogens is 1. The molecule has 5 nitrogen and oxygen atoms in total. The van der Waals surface area contributed by atoms with Gasteiger partial charge in [0.15, 0.2) is 0 Å². The smallest absolute Gasteiger partial charge is 0.255 e. The maximum atomic E-state index is 13.3. The molecule has 0 saturated carbocycles. The summed E-state index contributed by atoms with van der Waals surface area (Å²) in [6.07, 6.45) is 0. The number of aromatic nitrogens is 2. The van der Waals surface area contributed by atoms with E-state index in [2.05, 4.69) is 4.98 Å². The summed E-state index contributed by atoms with van der Waals surface area (Å²) >= 11 is 6.15. The second kappa shape index (κ2) is 6.94. The Balaban J connectivity index is 1.69. The van der Waals surface area contributed by atoms with Crippen LogP contribution in [-0.2, 0) is 6.54 Å². The molecule has 1 N–H and O–H groups in total. The Labute approximate surface area is 172 Å². The number of carbonyl (C=O) groups is 1. The van der Waals surface area contributed by atoms with Gasteiger partial charge in [-0.2, -0.15) is 0 Å². The number of fused-ring (bicyclic) bond motifs is 2. The van der Waals surface area contributed by atoms with Crippen molar-refractivity contribution >= 4 is 28.5 Å². The van der Waals surface area contributed by atoms with Crippen LogP contribution < -0.4 is 4.74 Å². The van der Waals surface area contributed by atoms with Crippen molar-refractivity contribution < 1.29 is 9.53 Å². The van der Waals surface area contributed by atoms with Gasteiger partial charge >= 0.3 is 0 Å². The van der Waals surface area contributed by atoms with Gasteiger partial charge in [-0.3, -0.25) is 4.79 Å². The number of halogens is 1. The SMILES string of the molecule is COc1ccccc1C(c1nc2ccc(Cl)cc2[nH]1)N1Cc2ccccc2C1=O. The van der Waals surface area contributed by atoms with Crippen molar-refractivity contribution in [2.75, 3.05) is 7.11 Å². The lowest BCUT2D eigenvalue weighted by atomic mass is 10.0. The number of para-hydroxylation sites is 1. The Morgan fingerprint density at radius 1 is 1.10 bits per heavy atom. The van der Waals surface area contributed by atoms with Gasteiger partial charge in [-0.05, 0) is 35.9 Å². The number of nitrogens with one attached hydrogen (secondary N) is 1. The van der Waals surface area contributed by atoms with Crippen molar-refractivity contribution in [3.8, 4) is 5.75 Å². The van der Waals surface area contributed by atoms with Crippen LogP contribution in [0.3, 0.4) is 0 Å². The van der Waals surface area contributed by atoms with Crippen molar-refractivity contribution in [1.29, 1.82) is 0 Å². The van der Waals surface area contributed by atoms with Crippen molar-refractivity contribution in [2.45, 2.75) is 12.6 Å². The summed E-state index contributed by atoms with van der Waals surface area (Å²) in [4.78, 5) is 23.3. The lowest BCUT2D eigenvalue weighted by molar-refractivity contribution is 0.0723. The minimum atomic E-state index is -0.419. The Hall–Kier alpha value is -3.31. The highest BCUT2D eigenvalue weighted by Crippen LogP contribution is 2.39. The van der Waals surface area contributed by atoms with E-state index in [1.807, 2.05) is 71.6 Å². The molecule has 0 spiro atoms. The molecule has 1 unspecified atom stereocenters. The van der Waals surface area contributed by atoms with E-state index in [9.17, 15) is 4.79 Å². The van der Waals surface area contributed by atoms with Crippen LogP contribution in [0.1, 0.15) is 33.4 Å². The summed E-state index contributed by atoms with van der Waals surface area (Å²) in [5, 5.41) is 0.631. The minimum absolute atomic E-state index is 0.0185. The molecule has 6 heteroatoms. The molecule has 5 rings (SSSR count). The lowest BCUT2D eigenvalue weighted by Crippen LogP contribution is -2.31. The second-order valence-corrected chi connectivity index (χ2v) is 7.45. The zero-order valence-electron chi connectivity index (χ0n) is 15.7. The fraction of sp³-hybridized carbons (Fsp3) is 0.130. The molecule has 1 amide bonds. The second-order valence-electron chi connectivity index (χ2n) is 7.02. The van der Waals surface area contributed by atoms with E-state index in [0.717, 1.165) is 27.7 Å². The van der Waals surface area contributed by atoms with E-state index in [0.29, 0.717) is 23.1 Å². The van der Waals surface area contributed by atoms with Crippen molar-refractivity contribution in [3.63, 3.8) is 0 Å². The van der Waals surface area contributed by atoms with Gasteiger partial charge in [0.1, 0.15) is 17.6 Å². The number of rotatable bonds is 4. The maximum Gasteiger partial charge on any atom is 0.255 e. The standard InChI is InChI=1S/C23H18ClN3O2/c1-29-20-9-5-4-8-17(20)21(22-25-18-11-10-15(24)12-19(18)26-22)27-13-14-6-2-3-7-16(14)23(27)28/h2-12,21H,13H2,1H3,(H,25,26). The fourth-order valence-corrected chi connectivity index (χ4v) is 4.14. The summed E-state index contributed by atoms with van der Waals surface area (Å²) in [5.74, 6) is 1.36. The first-order chi connectivity index (χ1) is 14.2. The lowest BCUT2D eigenvalue weighted by Gasteiger charge is -2.28. The molecule has 0 aliphatic carbocycles. The van der Waals surface area contributed by atoms with Gasteiger partial charge in [0.05, 0.1) is 18.1 Å². The Morgan fingerprint density at radius 3 is 2.72 bits per heavy atom. The zero-order chi connectivity index (χ0) is 20.0. The summed E-state index contributed by atoms with van der Waals surface area (Å²) in [6, 6.07) is 20.5. The van der Waals surface area contributed by atoms with Crippen LogP contribution in [0.5, 0.6) is 5.75 Å². The van der Waals surface area contributed by atoms with Crippen LogP contribution in [0.4, 0.5) is 0 Å². The summed E-state index contributed by atoms with van der Waals surface area (Å²) < 4.78 is 5.61. The molecule has 1 atom stereocenters. The van der Waals surface area contributed by atoms with E-state index in [4.69, 9.17) is 21.3 Å². The molecule has 1 aliphatic rings. The fourth-order valence-electron chi connectivity index (χ4n) is 3.97. The monoisotopic (exact) mass is 403 g/mol. The molecular formula is C23H18ClN3O2. The number of imidazole rings is 1. The molecule has 0 fully saturated rings. The highest BCUT2D eigenvalue weighted by atomic mass is 35.5. The van der Waals surface area contributed by atoms with Crippen LogP contribution in [0.25, 0.3) is 11.0 Å². The molecule has 4 aromatic rings. The summed E-state index contributed by atoms with van der Waals surface area (Å²) in [6.45, 7) is 0.509. The number of nitrogens with zero attached hydrogens (tertiary/aromatic N) is 2. The molecule has 2 heterocycles. The van der Waals surface area contributed by atoms with Gasteiger partial charge in [0.2, 0.25) is 0 Å². The van der Waals surface area contributed by atoms with Crippen LogP contribution in [-0.4, -0.2) is 27.9 Å². The third-order valence-corrected chi connectivity index (χ3v) is 5.55. The Bertz CT molecular complexity index is 1230. The molecule has 1 aromatic heterocycles. The Morgan fingerprint density at radius 2 is 1.90 bits per heavy atom. The number of carbonyl (C=O) groups excluding carboxylic acids is 1. The molecule has 0 saturated heterocycles. The molecule has 3 aromatic carbocycles. The first-order valence-electron chi connectivity index (χ1n) is 9.32. The van der Waals surface area contributed by atoms with Crippen LogP contribution in [0, 0.1) is 0 Å². The van der Waals surface area contributed by atoms with Gasteiger partial charge in [-0.1, -0.05) is 48.0 Å². The number of methoxy groups -OCH3 is 1. The van der Waals surface area contributed by atoms with E-state index in [-0.39, 0.29) is 5.91 Å². The number of aromatic amines is 1. The molecule has 29 heavy (non-hydrogen) atoms. The molecule has 144 valence electrons. The third-order valence-electron chi connectivity index (χ3n) is 5.32. The largest absolute Gasteiger partial charge is 0.496 e. The van der Waals surface area contributed by atoms with E-state index in [1.54, 1.807) is 7.11 Å². The molecule has 0 radical (unpaired) electrons. The first kappa shape index (κ1) is 17.8. The van der Waals surface area contributed by atoms with Crippen molar-refractivity contribution in [1.82, 2.24) is 14.9 Å². The van der Waals surface area contributed by atoms with Gasteiger partial charge < -0.3 is 14.6 Å². The van der Waals surface area contributed by atoms with Gasteiger partial charge in [-0.15, -0.1) is 0 Å². The predicted molar refractivity (Wildman–Crippen MR) is 112 cm³/mol. The third kappa shape index (κ3) is 2.95. The highest BCUT2D eigenvalue weighted by molar-refractivity contribution is 6.31. The van der Waals surface area contributed by atoms with Gasteiger partial charge in [0, 0.05) is 22.7 Å². The topological polar surface area (TPSA) is 58.2 Å². The van der Waals surface area contributed by atoms with E-state index < -0.39 is 6.04 Å². The number of ether oxygens (including phenoxy) is 1. The van der Waals surface area contributed by atoms with E-state index >= 15 is 0 Å². The van der Waals surface area contributed by atoms with Crippen molar-refractivity contribution in [3.05, 3.63) is 94.3 Å². The quantitative estimate of drug-likeness (QED) is 0.523. The van der Waals surface area contributed by atoms with Crippen molar-refractivity contribution in [2.24, 2.45) is 0 Å². The average molecular weight is 404 g/mol. The zero-order valence-corrected chi connectivity index (χ0v) is 16.5. The molecular weight excluding hydrogens is 386 g/mol. The summed E-state index contributed by atoms with van der Waals surface area (Å²) in [7, 11) is 1.63. The van der Waals surface area contributed by atoms with Crippen LogP contribution >= 0.6 is 11.6 Å². The van der Waals surface area contributed by atoms with Crippen LogP contribution in [0.2, 0.25) is 5.02 Å². The molecule has 0 bridgehead atoms. The number of hydrogen-bond acceptors (Lipinski definition) is 3. The number of hydrogen-bond donors (Lipinski definition) is 1. The highest BCUT2D eigenvalue weighted by Gasteiger charge is 2.37. The summed E-state index contributed by atoms with van der Waals surface area (Å²) in [5.41, 5.74) is 4.24. The van der Waals surface area contributed by atoms with Crippen LogP contribution in [0.15, 0.2) is 66.7 Å². The predicted octanol–water partition coefficient (Wildman–Crippen LogP) is 4.97. The first-order valence-corrected chi connectivity index (χ1v) is 9.70. The normalized spacial score (nSPS) is 14.3. The molecule has 1 aliphatic heterocycles. The average Bonchev–Trinajstić information content (AvgIpc) is 3.30. The minimum Gasteiger partial charge on any atom is -0.496 e.